The molecule has 0 radical (unpaired) electrons. The topological polar surface area (TPSA) is 76.3 Å². The minimum atomic E-state index is -3.47. The van der Waals surface area contributed by atoms with Crippen molar-refractivity contribution in [3.63, 3.8) is 0 Å². The van der Waals surface area contributed by atoms with Crippen LogP contribution in [0.5, 0.6) is 0 Å². The summed E-state index contributed by atoms with van der Waals surface area (Å²) < 4.78 is 27.5. The zero-order valence-electron chi connectivity index (χ0n) is 12.6. The van der Waals surface area contributed by atoms with Gasteiger partial charge in [-0.25, -0.2) is 8.42 Å². The van der Waals surface area contributed by atoms with Crippen LogP contribution in [0.3, 0.4) is 0 Å². The fourth-order valence-corrected chi connectivity index (χ4v) is 4.78. The molecule has 118 valence electrons. The summed E-state index contributed by atoms with van der Waals surface area (Å²) in [5.74, 6) is 0.406. The van der Waals surface area contributed by atoms with E-state index in [-0.39, 0.29) is 6.04 Å². The molecule has 1 fully saturated rings. The summed E-state index contributed by atoms with van der Waals surface area (Å²) in [6.45, 7) is 3.07. The highest BCUT2D eigenvalue weighted by atomic mass is 32.2. The van der Waals surface area contributed by atoms with Gasteiger partial charge in [0.1, 0.15) is 0 Å². The van der Waals surface area contributed by atoms with Crippen molar-refractivity contribution in [3.05, 3.63) is 36.7 Å². The van der Waals surface area contributed by atoms with Crippen molar-refractivity contribution in [1.82, 2.24) is 9.29 Å². The Hall–Kier alpha value is -1.50. The molecule has 1 unspecified atom stereocenters. The number of pyridine rings is 1. The number of rotatable bonds is 3. The molecule has 5 nitrogen and oxygen atoms in total. The number of aromatic nitrogens is 1. The third-order valence-corrected chi connectivity index (χ3v) is 6.46. The first-order valence-electron chi connectivity index (χ1n) is 7.58. The minimum absolute atomic E-state index is 0.119. The molecule has 1 aromatic carbocycles. The summed E-state index contributed by atoms with van der Waals surface area (Å²) in [5, 5.41) is 1.57. The number of hydrogen-bond acceptors (Lipinski definition) is 4. The van der Waals surface area contributed by atoms with Crippen molar-refractivity contribution in [2.24, 2.45) is 11.7 Å². The highest BCUT2D eigenvalue weighted by molar-refractivity contribution is 7.89. The van der Waals surface area contributed by atoms with Crippen LogP contribution in [0.15, 0.2) is 41.6 Å². The molecule has 2 aromatic rings. The molecule has 22 heavy (non-hydrogen) atoms. The lowest BCUT2D eigenvalue weighted by atomic mass is 9.92. The largest absolute Gasteiger partial charge is 0.328 e. The van der Waals surface area contributed by atoms with E-state index in [1.807, 2.05) is 13.0 Å². The molecule has 1 aliphatic heterocycles. The molecule has 0 amide bonds. The van der Waals surface area contributed by atoms with Crippen LogP contribution in [0.1, 0.15) is 19.8 Å². The second-order valence-electron chi connectivity index (χ2n) is 5.95. The minimum Gasteiger partial charge on any atom is -0.328 e. The van der Waals surface area contributed by atoms with Gasteiger partial charge in [0.25, 0.3) is 0 Å². The van der Waals surface area contributed by atoms with Crippen molar-refractivity contribution in [1.29, 1.82) is 0 Å². The Morgan fingerprint density at radius 1 is 1.27 bits per heavy atom. The molecule has 0 spiro atoms. The van der Waals surface area contributed by atoms with E-state index in [2.05, 4.69) is 4.98 Å². The Morgan fingerprint density at radius 2 is 2.00 bits per heavy atom. The Morgan fingerprint density at radius 3 is 2.68 bits per heavy atom. The monoisotopic (exact) mass is 319 g/mol. The van der Waals surface area contributed by atoms with Crippen molar-refractivity contribution in [2.45, 2.75) is 30.7 Å². The Kier molecular flexibility index (Phi) is 4.16. The first-order valence-corrected chi connectivity index (χ1v) is 9.02. The van der Waals surface area contributed by atoms with Crippen LogP contribution >= 0.6 is 0 Å². The second kappa shape index (κ2) is 5.95. The van der Waals surface area contributed by atoms with E-state index in [1.165, 1.54) is 0 Å². The molecule has 2 N–H and O–H groups in total. The van der Waals surface area contributed by atoms with Gasteiger partial charge < -0.3 is 5.73 Å². The Balaban J connectivity index is 1.93. The van der Waals surface area contributed by atoms with Gasteiger partial charge in [0.05, 0.1) is 4.90 Å². The standard InChI is InChI=1S/C16H21N3O2S/c1-12(17)13-6-9-19(10-7-13)22(20,21)16-4-2-3-14-11-18-8-5-15(14)16/h2-5,8,11-13H,6-7,9-10,17H2,1H3. The number of benzene rings is 1. The number of nitrogens with zero attached hydrogens (tertiary/aromatic N) is 2. The van der Waals surface area contributed by atoms with Crippen molar-refractivity contribution >= 4 is 20.8 Å². The van der Waals surface area contributed by atoms with Gasteiger partial charge in [0.2, 0.25) is 10.0 Å². The molecule has 1 saturated heterocycles. The van der Waals surface area contributed by atoms with Crippen LogP contribution in [0.4, 0.5) is 0 Å². The third kappa shape index (κ3) is 2.74. The molecule has 3 rings (SSSR count). The van der Waals surface area contributed by atoms with Gasteiger partial charge in [-0.1, -0.05) is 12.1 Å². The molecular weight excluding hydrogens is 298 g/mol. The summed E-state index contributed by atoms with van der Waals surface area (Å²) in [5.41, 5.74) is 5.93. The summed E-state index contributed by atoms with van der Waals surface area (Å²) in [6, 6.07) is 7.20. The van der Waals surface area contributed by atoms with E-state index in [0.29, 0.717) is 23.9 Å². The van der Waals surface area contributed by atoms with E-state index >= 15 is 0 Å². The summed E-state index contributed by atoms with van der Waals surface area (Å²) >= 11 is 0. The fraction of sp³-hybridized carbons (Fsp3) is 0.438. The first kappa shape index (κ1) is 15.4. The van der Waals surface area contributed by atoms with Crippen molar-refractivity contribution in [2.75, 3.05) is 13.1 Å². The van der Waals surface area contributed by atoms with E-state index < -0.39 is 10.0 Å². The van der Waals surface area contributed by atoms with E-state index in [4.69, 9.17) is 5.73 Å². The average molecular weight is 319 g/mol. The van der Waals surface area contributed by atoms with Gasteiger partial charge >= 0.3 is 0 Å². The predicted octanol–water partition coefficient (Wildman–Crippen LogP) is 1.98. The molecule has 0 saturated carbocycles. The zero-order valence-corrected chi connectivity index (χ0v) is 13.5. The maximum absolute atomic E-state index is 13.0. The number of hydrogen-bond donors (Lipinski definition) is 1. The van der Waals surface area contributed by atoms with Crippen molar-refractivity contribution in [3.8, 4) is 0 Å². The summed E-state index contributed by atoms with van der Waals surface area (Å²) in [4.78, 5) is 4.42. The molecule has 6 heteroatoms. The Bertz CT molecular complexity index is 761. The maximum Gasteiger partial charge on any atom is 0.243 e. The fourth-order valence-electron chi connectivity index (χ4n) is 3.10. The molecule has 1 atom stereocenters. The summed E-state index contributed by atoms with van der Waals surface area (Å²) in [6.07, 6.45) is 4.97. The van der Waals surface area contributed by atoms with E-state index in [9.17, 15) is 8.42 Å². The van der Waals surface area contributed by atoms with Crippen LogP contribution in [-0.4, -0.2) is 36.8 Å². The van der Waals surface area contributed by atoms with Crippen LogP contribution in [0.2, 0.25) is 0 Å². The van der Waals surface area contributed by atoms with Gasteiger partial charge in [-0.2, -0.15) is 4.31 Å². The van der Waals surface area contributed by atoms with Crippen LogP contribution in [0.25, 0.3) is 10.8 Å². The van der Waals surface area contributed by atoms with Gasteiger partial charge in [0.15, 0.2) is 0 Å². The van der Waals surface area contributed by atoms with E-state index in [0.717, 1.165) is 23.6 Å². The quantitative estimate of drug-likeness (QED) is 0.938. The van der Waals surface area contributed by atoms with Gasteiger partial charge in [-0.15, -0.1) is 0 Å². The predicted molar refractivity (Wildman–Crippen MR) is 86.9 cm³/mol. The van der Waals surface area contributed by atoms with E-state index in [1.54, 1.807) is 34.9 Å². The van der Waals surface area contributed by atoms with Gasteiger partial charge in [0, 0.05) is 42.3 Å². The maximum atomic E-state index is 13.0. The lowest BCUT2D eigenvalue weighted by Crippen LogP contribution is -2.42. The molecule has 0 bridgehead atoms. The number of piperidine rings is 1. The highest BCUT2D eigenvalue weighted by Crippen LogP contribution is 2.29. The zero-order chi connectivity index (χ0) is 15.7. The van der Waals surface area contributed by atoms with Gasteiger partial charge in [-0.3, -0.25) is 4.98 Å². The molecule has 2 heterocycles. The number of fused-ring (bicyclic) bond motifs is 1. The van der Waals surface area contributed by atoms with Crippen LogP contribution < -0.4 is 5.73 Å². The smallest absolute Gasteiger partial charge is 0.243 e. The molecule has 0 aliphatic carbocycles. The van der Waals surface area contributed by atoms with Crippen LogP contribution in [-0.2, 0) is 10.0 Å². The molecule has 1 aromatic heterocycles. The second-order valence-corrected chi connectivity index (χ2v) is 7.86. The van der Waals surface area contributed by atoms with Crippen LogP contribution in [0, 0.1) is 5.92 Å². The number of sulfonamides is 1. The normalized spacial score (nSPS) is 19.4. The number of nitrogens with two attached hydrogens (primary N) is 1. The SMILES string of the molecule is CC(N)C1CCN(S(=O)(=O)c2cccc3cnccc23)CC1. The summed E-state index contributed by atoms with van der Waals surface area (Å²) in [7, 11) is -3.47. The molecule has 1 aliphatic rings. The lowest BCUT2D eigenvalue weighted by molar-refractivity contribution is 0.251. The van der Waals surface area contributed by atoms with Gasteiger partial charge in [-0.05, 0) is 37.8 Å². The Labute approximate surface area is 131 Å². The highest BCUT2D eigenvalue weighted by Gasteiger charge is 2.31. The third-order valence-electron chi connectivity index (χ3n) is 4.50. The molecular formula is C16H21N3O2S. The first-order chi connectivity index (χ1) is 10.5. The van der Waals surface area contributed by atoms with Crippen molar-refractivity contribution < 1.29 is 8.42 Å². The average Bonchev–Trinajstić information content (AvgIpc) is 2.54. The lowest BCUT2D eigenvalue weighted by Gasteiger charge is -2.33.